The van der Waals surface area contributed by atoms with Crippen LogP contribution in [0.5, 0.6) is 0 Å². The molecule has 0 aromatic heterocycles. The quantitative estimate of drug-likeness (QED) is 0.153. The molecular weight excluding hydrogens is 390 g/mol. The summed E-state index contributed by atoms with van der Waals surface area (Å²) in [6, 6.07) is -5.44. The van der Waals surface area contributed by atoms with E-state index in [1.807, 2.05) is 0 Å². The molecule has 0 heterocycles. The Morgan fingerprint density at radius 3 is 1.83 bits per heavy atom. The first-order valence-electron chi connectivity index (χ1n) is 8.81. The van der Waals surface area contributed by atoms with Crippen molar-refractivity contribution in [3.05, 3.63) is 0 Å². The minimum atomic E-state index is -1.59. The monoisotopic (exact) mass is 419 g/mol. The van der Waals surface area contributed by atoms with Crippen LogP contribution in [-0.2, 0) is 24.0 Å². The lowest BCUT2D eigenvalue weighted by atomic mass is 10.1. The Morgan fingerprint density at radius 1 is 0.862 bits per heavy atom. The van der Waals surface area contributed by atoms with Crippen molar-refractivity contribution >= 4 is 29.6 Å². The summed E-state index contributed by atoms with van der Waals surface area (Å²) in [5.74, 6) is -4.81. The number of carbonyl (C=O) groups is 5. The van der Waals surface area contributed by atoms with Gasteiger partial charge in [-0.3, -0.25) is 19.2 Å². The molecule has 29 heavy (non-hydrogen) atoms. The molecule has 0 aliphatic heterocycles. The van der Waals surface area contributed by atoms with Crippen LogP contribution in [0.15, 0.2) is 0 Å². The van der Waals surface area contributed by atoms with Gasteiger partial charge in [0.1, 0.15) is 18.1 Å². The average molecular weight is 419 g/mol. The maximum absolute atomic E-state index is 12.4. The van der Waals surface area contributed by atoms with Gasteiger partial charge in [-0.1, -0.05) is 0 Å². The Hall–Kier alpha value is -2.77. The van der Waals surface area contributed by atoms with Gasteiger partial charge in [-0.15, -0.1) is 0 Å². The third kappa shape index (κ3) is 9.32. The molecule has 13 heteroatoms. The number of nitrogens with one attached hydrogen (secondary N) is 3. The molecule has 0 aromatic rings. The van der Waals surface area contributed by atoms with Gasteiger partial charge in [0.25, 0.3) is 0 Å². The second kappa shape index (κ2) is 11.9. The number of hydrogen-bond acceptors (Lipinski definition) is 8. The van der Waals surface area contributed by atoms with E-state index in [1.165, 1.54) is 20.8 Å². The lowest BCUT2D eigenvalue weighted by Gasteiger charge is -2.24. The molecule has 166 valence electrons. The van der Waals surface area contributed by atoms with Gasteiger partial charge in [0.15, 0.2) is 6.04 Å². The van der Waals surface area contributed by atoms with Crippen molar-refractivity contribution in [1.29, 1.82) is 0 Å². The van der Waals surface area contributed by atoms with Crippen molar-refractivity contribution < 1.29 is 39.3 Å². The smallest absolute Gasteiger partial charge is 0.328 e. The predicted molar refractivity (Wildman–Crippen MR) is 98.9 cm³/mol. The zero-order chi connectivity index (χ0) is 22.9. The molecule has 0 rings (SSSR count). The van der Waals surface area contributed by atoms with Crippen molar-refractivity contribution in [3.8, 4) is 0 Å². The second-order valence-corrected chi connectivity index (χ2v) is 6.63. The fourth-order valence-corrected chi connectivity index (χ4v) is 2.09. The summed E-state index contributed by atoms with van der Waals surface area (Å²) < 4.78 is 0. The molecular formula is C16H29N5O8. The highest BCUT2D eigenvalue weighted by atomic mass is 16.4. The number of aliphatic hydroxyl groups excluding tert-OH is 2. The molecule has 6 unspecified atom stereocenters. The SMILES string of the molecule is CC(NC(=O)C(CCC(N)=O)NC(=O)C(N)C(C)O)C(=O)NC(C(=O)O)C(C)O. The number of rotatable bonds is 12. The van der Waals surface area contributed by atoms with Crippen LogP contribution in [-0.4, -0.2) is 81.3 Å². The van der Waals surface area contributed by atoms with Crippen LogP contribution in [0.25, 0.3) is 0 Å². The Labute approximate surface area is 167 Å². The molecule has 0 aliphatic rings. The molecule has 0 bridgehead atoms. The van der Waals surface area contributed by atoms with Gasteiger partial charge in [-0.25, -0.2) is 4.79 Å². The largest absolute Gasteiger partial charge is 0.480 e. The first kappa shape index (κ1) is 26.2. The number of aliphatic carboxylic acids is 1. The van der Waals surface area contributed by atoms with Gasteiger partial charge >= 0.3 is 5.97 Å². The lowest BCUT2D eigenvalue weighted by molar-refractivity contribution is -0.145. The third-order valence-electron chi connectivity index (χ3n) is 3.93. The van der Waals surface area contributed by atoms with Gasteiger partial charge in [0, 0.05) is 6.42 Å². The van der Waals surface area contributed by atoms with Crippen molar-refractivity contribution in [1.82, 2.24) is 16.0 Å². The van der Waals surface area contributed by atoms with Crippen LogP contribution in [0.1, 0.15) is 33.6 Å². The van der Waals surface area contributed by atoms with Crippen LogP contribution < -0.4 is 27.4 Å². The molecule has 0 radical (unpaired) electrons. The Kier molecular flexibility index (Phi) is 10.8. The van der Waals surface area contributed by atoms with Crippen molar-refractivity contribution in [3.63, 3.8) is 0 Å². The zero-order valence-electron chi connectivity index (χ0n) is 16.4. The van der Waals surface area contributed by atoms with Gasteiger partial charge in [0.05, 0.1) is 12.2 Å². The number of carbonyl (C=O) groups excluding carboxylic acids is 4. The molecule has 10 N–H and O–H groups in total. The first-order chi connectivity index (χ1) is 13.3. The van der Waals surface area contributed by atoms with Gasteiger partial charge in [-0.05, 0) is 27.2 Å². The van der Waals surface area contributed by atoms with Gasteiger partial charge < -0.3 is 42.7 Å². The van der Waals surface area contributed by atoms with E-state index in [9.17, 15) is 34.2 Å². The number of primary amides is 1. The van der Waals surface area contributed by atoms with E-state index < -0.39 is 66.0 Å². The fraction of sp³-hybridized carbons (Fsp3) is 0.688. The van der Waals surface area contributed by atoms with Crippen LogP contribution >= 0.6 is 0 Å². The molecule has 6 atom stereocenters. The number of aliphatic hydroxyl groups is 2. The maximum Gasteiger partial charge on any atom is 0.328 e. The average Bonchev–Trinajstić information content (AvgIpc) is 2.60. The number of nitrogens with two attached hydrogens (primary N) is 2. The van der Waals surface area contributed by atoms with Gasteiger partial charge in [-0.2, -0.15) is 0 Å². The van der Waals surface area contributed by atoms with E-state index in [4.69, 9.17) is 16.6 Å². The molecule has 4 amide bonds. The summed E-state index contributed by atoms with van der Waals surface area (Å²) in [4.78, 5) is 58.5. The molecule has 0 saturated carbocycles. The highest BCUT2D eigenvalue weighted by Crippen LogP contribution is 2.01. The number of hydrogen-bond donors (Lipinski definition) is 8. The minimum Gasteiger partial charge on any atom is -0.480 e. The fourth-order valence-electron chi connectivity index (χ4n) is 2.09. The maximum atomic E-state index is 12.4. The summed E-state index contributed by atoms with van der Waals surface area (Å²) in [6.45, 7) is 3.70. The van der Waals surface area contributed by atoms with Crippen molar-refractivity contribution in [2.24, 2.45) is 11.5 Å². The standard InChI is InChI=1S/C16H29N5O8/c1-6(13(25)21-12(8(3)23)16(28)29)19-14(26)9(4-5-10(17)24)20-15(27)11(18)7(2)22/h6-9,11-12,22-23H,4-5,18H2,1-3H3,(H2,17,24)(H,19,26)(H,20,27)(H,21,25)(H,28,29). The van der Waals surface area contributed by atoms with E-state index in [0.29, 0.717) is 0 Å². The van der Waals surface area contributed by atoms with E-state index in [0.717, 1.165) is 0 Å². The third-order valence-corrected chi connectivity index (χ3v) is 3.93. The number of carboxylic acids is 1. The van der Waals surface area contributed by atoms with Crippen LogP contribution in [0.3, 0.4) is 0 Å². The number of carboxylic acid groups (broad SMARTS) is 1. The Morgan fingerprint density at radius 2 is 1.41 bits per heavy atom. The summed E-state index contributed by atoms with van der Waals surface area (Å²) >= 11 is 0. The topological polar surface area (TPSA) is 234 Å². The van der Waals surface area contributed by atoms with Crippen LogP contribution in [0.4, 0.5) is 0 Å². The molecule has 0 fully saturated rings. The zero-order valence-corrected chi connectivity index (χ0v) is 16.4. The lowest BCUT2D eigenvalue weighted by Crippen LogP contribution is -2.58. The second-order valence-electron chi connectivity index (χ2n) is 6.63. The summed E-state index contributed by atoms with van der Waals surface area (Å²) in [5.41, 5.74) is 10.5. The molecule has 13 nitrogen and oxygen atoms in total. The van der Waals surface area contributed by atoms with E-state index in [-0.39, 0.29) is 12.8 Å². The number of amides is 4. The predicted octanol–water partition coefficient (Wildman–Crippen LogP) is -4.10. The van der Waals surface area contributed by atoms with E-state index in [1.54, 1.807) is 0 Å². The highest BCUT2D eigenvalue weighted by Gasteiger charge is 2.30. The molecule has 0 spiro atoms. The van der Waals surface area contributed by atoms with Crippen LogP contribution in [0, 0.1) is 0 Å². The van der Waals surface area contributed by atoms with E-state index in [2.05, 4.69) is 16.0 Å². The van der Waals surface area contributed by atoms with Crippen molar-refractivity contribution in [2.45, 2.75) is 70.0 Å². The minimum absolute atomic E-state index is 0.195. The Balaban J connectivity index is 5.13. The van der Waals surface area contributed by atoms with Crippen molar-refractivity contribution in [2.75, 3.05) is 0 Å². The van der Waals surface area contributed by atoms with Gasteiger partial charge in [0.2, 0.25) is 23.6 Å². The normalized spacial score (nSPS) is 17.0. The highest BCUT2D eigenvalue weighted by molar-refractivity contribution is 5.94. The Bertz CT molecular complexity index is 624. The first-order valence-corrected chi connectivity index (χ1v) is 8.81. The van der Waals surface area contributed by atoms with E-state index >= 15 is 0 Å². The van der Waals surface area contributed by atoms with Crippen LogP contribution in [0.2, 0.25) is 0 Å². The summed E-state index contributed by atoms with van der Waals surface area (Å²) in [7, 11) is 0. The molecule has 0 saturated heterocycles. The summed E-state index contributed by atoms with van der Waals surface area (Å²) in [6.07, 6.45) is -3.04. The summed E-state index contributed by atoms with van der Waals surface area (Å²) in [5, 5.41) is 34.3. The molecule has 0 aromatic carbocycles. The molecule has 0 aliphatic carbocycles.